The fourth-order valence-electron chi connectivity index (χ4n) is 1.93. The molecule has 2 nitrogen and oxygen atoms in total. The van der Waals surface area contributed by atoms with E-state index in [4.69, 9.17) is 5.73 Å². The summed E-state index contributed by atoms with van der Waals surface area (Å²) in [5.74, 6) is -0.669. The maximum Gasteiger partial charge on any atom is 0.419 e. The van der Waals surface area contributed by atoms with Gasteiger partial charge in [-0.2, -0.15) is 13.2 Å². The van der Waals surface area contributed by atoms with Crippen LogP contribution < -0.4 is 5.73 Å². The molecule has 0 spiro atoms. The van der Waals surface area contributed by atoms with E-state index in [1.165, 1.54) is 12.1 Å². The molecule has 0 aliphatic heterocycles. The van der Waals surface area contributed by atoms with Crippen LogP contribution in [-0.4, -0.2) is 11.7 Å². The van der Waals surface area contributed by atoms with Gasteiger partial charge in [0, 0.05) is 17.5 Å². The molecule has 5 heteroatoms. The number of para-hydroxylation sites is 1. The third kappa shape index (κ3) is 1.65. The van der Waals surface area contributed by atoms with Crippen molar-refractivity contribution in [3.05, 3.63) is 29.3 Å². The van der Waals surface area contributed by atoms with E-state index in [-0.39, 0.29) is 6.54 Å². The van der Waals surface area contributed by atoms with Crippen molar-refractivity contribution >= 4 is 0 Å². The lowest BCUT2D eigenvalue weighted by Crippen LogP contribution is -2.20. The summed E-state index contributed by atoms with van der Waals surface area (Å²) in [5.41, 5.74) is 4.44. The van der Waals surface area contributed by atoms with Crippen molar-refractivity contribution in [2.45, 2.75) is 24.4 Å². The SMILES string of the molecule is NCC1(c2cccc(C(F)(F)F)c2O)CC1. The predicted molar refractivity (Wildman–Crippen MR) is 53.1 cm³/mol. The minimum absolute atomic E-state index is 0.266. The molecule has 1 aromatic carbocycles. The summed E-state index contributed by atoms with van der Waals surface area (Å²) < 4.78 is 37.6. The van der Waals surface area contributed by atoms with Crippen LogP contribution in [0.2, 0.25) is 0 Å². The van der Waals surface area contributed by atoms with E-state index in [1.54, 1.807) is 0 Å². The number of rotatable bonds is 2. The first kappa shape index (κ1) is 11.3. The standard InChI is InChI=1S/C11H12F3NO/c12-11(13,14)8-3-1-2-7(9(8)16)10(6-15)4-5-10/h1-3,16H,4-6,15H2. The van der Waals surface area contributed by atoms with E-state index >= 15 is 0 Å². The van der Waals surface area contributed by atoms with Crippen molar-refractivity contribution < 1.29 is 18.3 Å². The van der Waals surface area contributed by atoms with Crippen LogP contribution in [0.5, 0.6) is 5.75 Å². The van der Waals surface area contributed by atoms with E-state index in [0.29, 0.717) is 5.56 Å². The number of halogens is 3. The average Bonchev–Trinajstić information content (AvgIpc) is 2.97. The molecule has 0 unspecified atom stereocenters. The summed E-state index contributed by atoms with van der Waals surface area (Å²) in [6.45, 7) is 0.266. The van der Waals surface area contributed by atoms with Crippen molar-refractivity contribution in [1.82, 2.24) is 0 Å². The van der Waals surface area contributed by atoms with Gasteiger partial charge < -0.3 is 10.8 Å². The van der Waals surface area contributed by atoms with Crippen LogP contribution in [0.25, 0.3) is 0 Å². The zero-order chi connectivity index (χ0) is 12.0. The van der Waals surface area contributed by atoms with Gasteiger partial charge in [-0.3, -0.25) is 0 Å². The molecule has 3 N–H and O–H groups in total. The molecule has 16 heavy (non-hydrogen) atoms. The molecule has 0 atom stereocenters. The van der Waals surface area contributed by atoms with Crippen LogP contribution in [0.15, 0.2) is 18.2 Å². The largest absolute Gasteiger partial charge is 0.507 e. The molecule has 1 fully saturated rings. The topological polar surface area (TPSA) is 46.2 Å². The highest BCUT2D eigenvalue weighted by Gasteiger charge is 2.46. The molecule has 2 rings (SSSR count). The van der Waals surface area contributed by atoms with Gasteiger partial charge in [-0.05, 0) is 18.9 Å². The second-order valence-electron chi connectivity index (χ2n) is 4.18. The number of hydrogen-bond acceptors (Lipinski definition) is 2. The summed E-state index contributed by atoms with van der Waals surface area (Å²) in [6.07, 6.45) is -3.05. The van der Waals surface area contributed by atoms with Crippen LogP contribution in [-0.2, 0) is 11.6 Å². The number of nitrogens with two attached hydrogens (primary N) is 1. The highest BCUT2D eigenvalue weighted by atomic mass is 19.4. The van der Waals surface area contributed by atoms with E-state index in [2.05, 4.69) is 0 Å². The minimum atomic E-state index is -4.52. The predicted octanol–water partition coefficient (Wildman–Crippen LogP) is 2.40. The van der Waals surface area contributed by atoms with Gasteiger partial charge in [0.05, 0.1) is 5.56 Å². The van der Waals surface area contributed by atoms with Gasteiger partial charge in [-0.1, -0.05) is 12.1 Å². The summed E-state index contributed by atoms with van der Waals surface area (Å²) in [7, 11) is 0. The Bertz CT molecular complexity index is 410. The fourth-order valence-corrected chi connectivity index (χ4v) is 1.93. The third-order valence-electron chi connectivity index (χ3n) is 3.16. The molecular weight excluding hydrogens is 219 g/mol. The Morgan fingerprint density at radius 1 is 1.31 bits per heavy atom. The van der Waals surface area contributed by atoms with Gasteiger partial charge in [0.25, 0.3) is 0 Å². The zero-order valence-electron chi connectivity index (χ0n) is 8.51. The maximum absolute atomic E-state index is 12.5. The molecule has 0 bridgehead atoms. The zero-order valence-corrected chi connectivity index (χ0v) is 8.51. The molecule has 1 aromatic rings. The lowest BCUT2D eigenvalue weighted by molar-refractivity contribution is -0.138. The van der Waals surface area contributed by atoms with Gasteiger partial charge in [0.2, 0.25) is 0 Å². The molecule has 88 valence electrons. The first-order valence-electron chi connectivity index (χ1n) is 5.00. The molecule has 1 aliphatic rings. The Balaban J connectivity index is 2.50. The van der Waals surface area contributed by atoms with Crippen LogP contribution in [0.3, 0.4) is 0 Å². The van der Waals surface area contributed by atoms with E-state index in [1.807, 2.05) is 0 Å². The highest BCUT2D eigenvalue weighted by Crippen LogP contribution is 2.52. The van der Waals surface area contributed by atoms with E-state index < -0.39 is 22.9 Å². The first-order valence-corrected chi connectivity index (χ1v) is 5.00. The Hall–Kier alpha value is -1.23. The highest BCUT2D eigenvalue weighted by molar-refractivity contribution is 5.48. The van der Waals surface area contributed by atoms with Crippen molar-refractivity contribution in [3.8, 4) is 5.75 Å². The number of benzene rings is 1. The Morgan fingerprint density at radius 3 is 2.38 bits per heavy atom. The Morgan fingerprint density at radius 2 is 1.94 bits per heavy atom. The van der Waals surface area contributed by atoms with E-state index in [0.717, 1.165) is 18.9 Å². The minimum Gasteiger partial charge on any atom is -0.507 e. The summed E-state index contributed by atoms with van der Waals surface area (Å²) >= 11 is 0. The number of phenolic OH excluding ortho intramolecular Hbond substituents is 1. The van der Waals surface area contributed by atoms with Crippen LogP contribution in [0.4, 0.5) is 13.2 Å². The number of aromatic hydroxyl groups is 1. The molecule has 0 amide bonds. The molecule has 0 radical (unpaired) electrons. The maximum atomic E-state index is 12.5. The molecular formula is C11H12F3NO. The second-order valence-corrected chi connectivity index (χ2v) is 4.18. The number of hydrogen-bond donors (Lipinski definition) is 2. The number of alkyl halides is 3. The van der Waals surface area contributed by atoms with Crippen LogP contribution in [0, 0.1) is 0 Å². The van der Waals surface area contributed by atoms with Gasteiger partial charge in [0.15, 0.2) is 0 Å². The van der Waals surface area contributed by atoms with Crippen molar-refractivity contribution in [2.75, 3.05) is 6.54 Å². The van der Waals surface area contributed by atoms with Gasteiger partial charge >= 0.3 is 6.18 Å². The quantitative estimate of drug-likeness (QED) is 0.821. The van der Waals surface area contributed by atoms with Crippen molar-refractivity contribution in [1.29, 1.82) is 0 Å². The van der Waals surface area contributed by atoms with Crippen LogP contribution >= 0.6 is 0 Å². The summed E-state index contributed by atoms with van der Waals surface area (Å²) in [4.78, 5) is 0. The Labute approximate surface area is 90.9 Å². The van der Waals surface area contributed by atoms with Gasteiger partial charge in [0.1, 0.15) is 5.75 Å². The monoisotopic (exact) mass is 231 g/mol. The van der Waals surface area contributed by atoms with Gasteiger partial charge in [-0.15, -0.1) is 0 Å². The number of phenols is 1. The summed E-state index contributed by atoms with van der Waals surface area (Å²) in [5, 5.41) is 9.66. The van der Waals surface area contributed by atoms with Gasteiger partial charge in [-0.25, -0.2) is 0 Å². The normalized spacial score (nSPS) is 18.5. The first-order chi connectivity index (χ1) is 7.41. The second kappa shape index (κ2) is 3.38. The smallest absolute Gasteiger partial charge is 0.419 e. The van der Waals surface area contributed by atoms with Crippen molar-refractivity contribution in [3.63, 3.8) is 0 Å². The summed E-state index contributed by atoms with van der Waals surface area (Å²) in [6, 6.07) is 3.71. The lowest BCUT2D eigenvalue weighted by Gasteiger charge is -2.18. The van der Waals surface area contributed by atoms with Crippen LogP contribution in [0.1, 0.15) is 24.0 Å². The van der Waals surface area contributed by atoms with Crippen molar-refractivity contribution in [2.24, 2.45) is 5.73 Å². The fraction of sp³-hybridized carbons (Fsp3) is 0.455. The van der Waals surface area contributed by atoms with E-state index in [9.17, 15) is 18.3 Å². The molecule has 0 saturated heterocycles. The molecule has 0 aromatic heterocycles. The molecule has 0 heterocycles. The third-order valence-corrected chi connectivity index (χ3v) is 3.16. The average molecular weight is 231 g/mol. The Kier molecular flexibility index (Phi) is 2.38. The molecule has 1 saturated carbocycles. The lowest BCUT2D eigenvalue weighted by atomic mass is 9.93. The molecule has 1 aliphatic carbocycles.